The largest absolute Gasteiger partial charge is 0.486 e. The van der Waals surface area contributed by atoms with Crippen LogP contribution in [0.25, 0.3) is 0 Å². The zero-order valence-electron chi connectivity index (χ0n) is 15.4. The van der Waals surface area contributed by atoms with E-state index in [-0.39, 0.29) is 0 Å². The van der Waals surface area contributed by atoms with Gasteiger partial charge in [-0.2, -0.15) is 0 Å². The Morgan fingerprint density at radius 2 is 1.81 bits per heavy atom. The summed E-state index contributed by atoms with van der Waals surface area (Å²) in [7, 11) is -3.66. The smallest absolute Gasteiger partial charge is 0.247 e. The molecule has 0 aromatic heterocycles. The summed E-state index contributed by atoms with van der Waals surface area (Å²) in [6, 6.07) is 11.2. The number of nitrogens with one attached hydrogen (secondary N) is 1. The number of hydrogen-bond acceptors (Lipinski definition) is 5. The lowest BCUT2D eigenvalue weighted by molar-refractivity contribution is -0.116. The van der Waals surface area contributed by atoms with Crippen LogP contribution in [0.4, 0.5) is 11.4 Å². The average Bonchev–Trinajstić information content (AvgIpc) is 2.60. The van der Waals surface area contributed by atoms with Crippen LogP contribution >= 0.6 is 0 Å². The fourth-order valence-electron chi connectivity index (χ4n) is 2.94. The van der Waals surface area contributed by atoms with Crippen molar-refractivity contribution >= 4 is 27.3 Å². The van der Waals surface area contributed by atoms with Crippen molar-refractivity contribution in [1.29, 1.82) is 0 Å². The van der Waals surface area contributed by atoms with Gasteiger partial charge in [-0.15, -0.1) is 0 Å². The number of fused-ring (bicyclic) bond motifs is 1. The first-order valence-corrected chi connectivity index (χ1v) is 10.4. The van der Waals surface area contributed by atoms with E-state index in [4.69, 9.17) is 9.47 Å². The first-order chi connectivity index (χ1) is 12.8. The Kier molecular flexibility index (Phi) is 5.27. The zero-order chi connectivity index (χ0) is 19.6. The summed E-state index contributed by atoms with van der Waals surface area (Å²) in [5.41, 5.74) is 1.86. The topological polar surface area (TPSA) is 84.9 Å². The molecule has 0 saturated heterocycles. The van der Waals surface area contributed by atoms with Crippen LogP contribution in [0.2, 0.25) is 0 Å². The molecule has 2 aromatic rings. The van der Waals surface area contributed by atoms with Gasteiger partial charge in [0.1, 0.15) is 19.3 Å². The number of aryl methyl sites for hydroxylation is 1. The molecule has 0 fully saturated rings. The van der Waals surface area contributed by atoms with Gasteiger partial charge in [-0.05, 0) is 43.7 Å². The van der Waals surface area contributed by atoms with Crippen LogP contribution in [0.5, 0.6) is 11.5 Å². The predicted octanol–water partition coefficient (Wildman–Crippen LogP) is 2.56. The molecule has 8 heteroatoms. The molecule has 1 atom stereocenters. The van der Waals surface area contributed by atoms with Crippen LogP contribution in [0.15, 0.2) is 42.5 Å². The quantitative estimate of drug-likeness (QED) is 0.848. The SMILES string of the molecule is Cc1cccc(N([C@@H](C)C(=O)Nc2ccc3c(c2)OCCO3)S(C)(=O)=O)c1. The number of rotatable bonds is 5. The second-order valence-corrected chi connectivity index (χ2v) is 8.28. The number of benzene rings is 2. The number of carbonyl (C=O) groups excluding carboxylic acids is 1. The fourth-order valence-corrected chi connectivity index (χ4v) is 4.11. The maximum atomic E-state index is 12.7. The van der Waals surface area contributed by atoms with Gasteiger partial charge in [-0.1, -0.05) is 12.1 Å². The van der Waals surface area contributed by atoms with E-state index in [1.165, 1.54) is 0 Å². The zero-order valence-corrected chi connectivity index (χ0v) is 16.2. The Bertz CT molecular complexity index is 958. The summed E-state index contributed by atoms with van der Waals surface area (Å²) in [6.07, 6.45) is 1.09. The number of amides is 1. The molecule has 0 saturated carbocycles. The van der Waals surface area contributed by atoms with Crippen molar-refractivity contribution in [3.05, 3.63) is 48.0 Å². The Morgan fingerprint density at radius 1 is 1.11 bits per heavy atom. The van der Waals surface area contributed by atoms with Crippen molar-refractivity contribution in [3.8, 4) is 11.5 Å². The predicted molar refractivity (Wildman–Crippen MR) is 104 cm³/mol. The van der Waals surface area contributed by atoms with Crippen LogP contribution in [-0.2, 0) is 14.8 Å². The normalized spacial score (nSPS) is 14.3. The summed E-state index contributed by atoms with van der Waals surface area (Å²) in [6.45, 7) is 4.34. The molecule has 1 aliphatic rings. The van der Waals surface area contributed by atoms with E-state index in [0.29, 0.717) is 36.1 Å². The molecule has 27 heavy (non-hydrogen) atoms. The molecule has 0 radical (unpaired) electrons. The van der Waals surface area contributed by atoms with Gasteiger partial charge in [0, 0.05) is 11.8 Å². The molecule has 0 unspecified atom stereocenters. The van der Waals surface area contributed by atoms with Crippen molar-refractivity contribution < 1.29 is 22.7 Å². The highest BCUT2D eigenvalue weighted by molar-refractivity contribution is 7.92. The molecular weight excluding hydrogens is 368 g/mol. The number of ether oxygens (including phenoxy) is 2. The van der Waals surface area contributed by atoms with E-state index in [9.17, 15) is 13.2 Å². The second-order valence-electron chi connectivity index (χ2n) is 6.42. The molecule has 1 heterocycles. The number of carbonyl (C=O) groups is 1. The molecule has 3 rings (SSSR count). The molecule has 1 N–H and O–H groups in total. The molecule has 0 aliphatic carbocycles. The number of hydrogen-bond donors (Lipinski definition) is 1. The third-order valence-corrected chi connectivity index (χ3v) is 5.40. The lowest BCUT2D eigenvalue weighted by atomic mass is 10.2. The van der Waals surface area contributed by atoms with Gasteiger partial charge >= 0.3 is 0 Å². The molecule has 0 bridgehead atoms. The molecule has 2 aromatic carbocycles. The third-order valence-electron chi connectivity index (χ3n) is 4.15. The Labute approximate surface area is 158 Å². The van der Waals surface area contributed by atoms with Gasteiger partial charge in [0.15, 0.2) is 11.5 Å². The first-order valence-electron chi connectivity index (χ1n) is 8.52. The van der Waals surface area contributed by atoms with Gasteiger partial charge < -0.3 is 14.8 Å². The van der Waals surface area contributed by atoms with Gasteiger partial charge in [0.25, 0.3) is 0 Å². The molecule has 7 nitrogen and oxygen atoms in total. The summed E-state index contributed by atoms with van der Waals surface area (Å²) in [5, 5.41) is 2.75. The first kappa shape index (κ1) is 19.0. The van der Waals surface area contributed by atoms with Crippen LogP contribution in [0.3, 0.4) is 0 Å². The van der Waals surface area contributed by atoms with E-state index < -0.39 is 22.0 Å². The minimum Gasteiger partial charge on any atom is -0.486 e. The highest BCUT2D eigenvalue weighted by Crippen LogP contribution is 2.32. The van der Waals surface area contributed by atoms with Gasteiger partial charge in [0.2, 0.25) is 15.9 Å². The van der Waals surface area contributed by atoms with Crippen LogP contribution < -0.4 is 19.1 Å². The van der Waals surface area contributed by atoms with E-state index >= 15 is 0 Å². The van der Waals surface area contributed by atoms with Crippen LogP contribution in [0.1, 0.15) is 12.5 Å². The van der Waals surface area contributed by atoms with E-state index in [2.05, 4.69) is 5.32 Å². The lowest BCUT2D eigenvalue weighted by Gasteiger charge is -2.28. The van der Waals surface area contributed by atoms with Crippen molar-refractivity contribution in [2.45, 2.75) is 19.9 Å². The average molecular weight is 390 g/mol. The second kappa shape index (κ2) is 7.48. The molecule has 0 spiro atoms. The van der Waals surface area contributed by atoms with Crippen molar-refractivity contribution in [2.24, 2.45) is 0 Å². The van der Waals surface area contributed by atoms with Crippen LogP contribution in [0, 0.1) is 6.92 Å². The summed E-state index contributed by atoms with van der Waals surface area (Å²) >= 11 is 0. The maximum Gasteiger partial charge on any atom is 0.247 e. The molecule has 1 aliphatic heterocycles. The minimum atomic E-state index is -3.66. The standard InChI is InChI=1S/C19H22N2O5S/c1-13-5-4-6-16(11-13)21(27(3,23)24)14(2)19(22)20-15-7-8-17-18(12-15)26-10-9-25-17/h4-8,11-12,14H,9-10H2,1-3H3,(H,20,22)/t14-/m0/s1. The minimum absolute atomic E-state index is 0.440. The highest BCUT2D eigenvalue weighted by Gasteiger charge is 2.29. The van der Waals surface area contributed by atoms with Crippen molar-refractivity contribution in [1.82, 2.24) is 0 Å². The lowest BCUT2D eigenvalue weighted by Crippen LogP contribution is -2.45. The monoisotopic (exact) mass is 390 g/mol. The Balaban J connectivity index is 1.84. The van der Waals surface area contributed by atoms with E-state index in [1.807, 2.05) is 13.0 Å². The van der Waals surface area contributed by atoms with Crippen molar-refractivity contribution in [3.63, 3.8) is 0 Å². The van der Waals surface area contributed by atoms with Gasteiger partial charge in [-0.3, -0.25) is 9.10 Å². The van der Waals surface area contributed by atoms with Gasteiger partial charge in [-0.25, -0.2) is 8.42 Å². The number of sulfonamides is 1. The van der Waals surface area contributed by atoms with Gasteiger partial charge in [0.05, 0.1) is 11.9 Å². The summed E-state index contributed by atoms with van der Waals surface area (Å²) < 4.78 is 36.8. The van der Waals surface area contributed by atoms with E-state index in [1.54, 1.807) is 43.3 Å². The maximum absolute atomic E-state index is 12.7. The summed E-state index contributed by atoms with van der Waals surface area (Å²) in [4.78, 5) is 12.7. The summed E-state index contributed by atoms with van der Waals surface area (Å²) in [5.74, 6) is 0.716. The van der Waals surface area contributed by atoms with E-state index in [0.717, 1.165) is 16.1 Å². The highest BCUT2D eigenvalue weighted by atomic mass is 32.2. The molecular formula is C19H22N2O5S. The third kappa shape index (κ3) is 4.33. The number of nitrogens with zero attached hydrogens (tertiary/aromatic N) is 1. The molecule has 1 amide bonds. The van der Waals surface area contributed by atoms with Crippen molar-refractivity contribution in [2.75, 3.05) is 29.1 Å². The van der Waals surface area contributed by atoms with Crippen LogP contribution in [-0.4, -0.2) is 39.8 Å². The Hall–Kier alpha value is -2.74. The fraction of sp³-hybridized carbons (Fsp3) is 0.316. The number of anilines is 2. The Morgan fingerprint density at radius 3 is 2.48 bits per heavy atom. The molecule has 144 valence electrons.